The number of urea groups is 1. The van der Waals surface area contributed by atoms with Crippen molar-refractivity contribution in [3.05, 3.63) is 46.9 Å². The maximum Gasteiger partial charge on any atom is 0.319 e. The number of carbonyl (C=O) groups is 1. The highest BCUT2D eigenvalue weighted by Gasteiger charge is 2.11. The van der Waals surface area contributed by atoms with Crippen LogP contribution in [0, 0.1) is 25.2 Å². The lowest BCUT2D eigenvalue weighted by Crippen LogP contribution is -2.37. The summed E-state index contributed by atoms with van der Waals surface area (Å²) in [6.07, 6.45) is 1.45. The molecule has 0 spiro atoms. The van der Waals surface area contributed by atoms with Crippen molar-refractivity contribution in [2.45, 2.75) is 26.7 Å². The van der Waals surface area contributed by atoms with Gasteiger partial charge in [-0.15, -0.1) is 0 Å². The summed E-state index contributed by atoms with van der Waals surface area (Å²) in [7, 11) is 5.25. The highest BCUT2D eigenvalue weighted by molar-refractivity contribution is 5.73. The lowest BCUT2D eigenvalue weighted by atomic mass is 10.0. The summed E-state index contributed by atoms with van der Waals surface area (Å²) in [4.78, 5) is 23.7. The Kier molecular flexibility index (Phi) is 6.29. The number of rotatable bonds is 5. The van der Waals surface area contributed by atoms with Crippen LogP contribution in [0.1, 0.15) is 29.1 Å². The fraction of sp³-hybridized carbons (Fsp3) is 0.400. The smallest absolute Gasteiger partial charge is 0.319 e. The fourth-order valence-corrected chi connectivity index (χ4v) is 2.66. The van der Waals surface area contributed by atoms with Crippen molar-refractivity contribution >= 4 is 6.03 Å². The quantitative estimate of drug-likeness (QED) is 0.829. The highest BCUT2D eigenvalue weighted by Crippen LogP contribution is 2.21. The standard InChI is InChI=1S/C20H25N5O/c1-14-8-9-16(11-15(14)2)18-12-17(22-19(13-21)23-18)7-6-10-25(5)20(26)24(3)4/h8-9,11-12H,6-7,10H2,1-5H3. The summed E-state index contributed by atoms with van der Waals surface area (Å²) in [6, 6.07) is 10.1. The molecule has 2 aromatic rings. The number of carbonyl (C=O) groups excluding carboxylic acids is 1. The van der Waals surface area contributed by atoms with Crippen molar-refractivity contribution in [1.29, 1.82) is 5.26 Å². The molecule has 2 amide bonds. The second kappa shape index (κ2) is 8.43. The van der Waals surface area contributed by atoms with E-state index in [1.807, 2.05) is 18.2 Å². The molecule has 2 rings (SSSR count). The third-order valence-electron chi connectivity index (χ3n) is 4.32. The van der Waals surface area contributed by atoms with Crippen molar-refractivity contribution in [2.24, 2.45) is 0 Å². The van der Waals surface area contributed by atoms with Crippen molar-refractivity contribution in [2.75, 3.05) is 27.7 Å². The molecule has 0 N–H and O–H groups in total. The van der Waals surface area contributed by atoms with Crippen molar-refractivity contribution < 1.29 is 4.79 Å². The minimum atomic E-state index is -0.0266. The van der Waals surface area contributed by atoms with Gasteiger partial charge in [-0.2, -0.15) is 5.26 Å². The van der Waals surface area contributed by atoms with E-state index < -0.39 is 0 Å². The Balaban J connectivity index is 2.16. The molecule has 0 unspecified atom stereocenters. The van der Waals surface area contributed by atoms with Crippen LogP contribution in [0.2, 0.25) is 0 Å². The van der Waals surface area contributed by atoms with Gasteiger partial charge >= 0.3 is 6.03 Å². The number of hydrogen-bond donors (Lipinski definition) is 0. The second-order valence-electron chi connectivity index (χ2n) is 6.68. The van der Waals surface area contributed by atoms with Gasteiger partial charge in [-0.3, -0.25) is 0 Å². The molecule has 26 heavy (non-hydrogen) atoms. The molecule has 0 bridgehead atoms. The molecule has 1 heterocycles. The Morgan fingerprint density at radius 3 is 2.46 bits per heavy atom. The summed E-state index contributed by atoms with van der Waals surface area (Å²) >= 11 is 0. The lowest BCUT2D eigenvalue weighted by molar-refractivity contribution is 0.181. The topological polar surface area (TPSA) is 73.1 Å². The first-order valence-corrected chi connectivity index (χ1v) is 8.60. The van der Waals surface area contributed by atoms with Crippen LogP contribution in [0.3, 0.4) is 0 Å². The number of aromatic nitrogens is 2. The largest absolute Gasteiger partial charge is 0.331 e. The Morgan fingerprint density at radius 1 is 1.12 bits per heavy atom. The first kappa shape index (κ1) is 19.4. The number of hydrogen-bond acceptors (Lipinski definition) is 4. The molecule has 6 nitrogen and oxygen atoms in total. The summed E-state index contributed by atoms with van der Waals surface area (Å²) in [5, 5.41) is 9.25. The van der Waals surface area contributed by atoms with E-state index in [1.54, 1.807) is 30.9 Å². The number of nitriles is 1. The van der Waals surface area contributed by atoms with Gasteiger partial charge in [0, 0.05) is 38.9 Å². The molecule has 6 heteroatoms. The lowest BCUT2D eigenvalue weighted by Gasteiger charge is -2.21. The van der Waals surface area contributed by atoms with Gasteiger partial charge in [0.15, 0.2) is 0 Å². The molecule has 0 saturated heterocycles. The van der Waals surface area contributed by atoms with Crippen LogP contribution >= 0.6 is 0 Å². The molecular weight excluding hydrogens is 326 g/mol. The van der Waals surface area contributed by atoms with Crippen LogP contribution in [0.4, 0.5) is 4.79 Å². The van der Waals surface area contributed by atoms with Crippen LogP contribution in [-0.4, -0.2) is 53.5 Å². The van der Waals surface area contributed by atoms with Crippen LogP contribution in [0.5, 0.6) is 0 Å². The maximum absolute atomic E-state index is 11.9. The number of aryl methyl sites for hydroxylation is 3. The SMILES string of the molecule is Cc1ccc(-c2cc(CCCN(C)C(=O)N(C)C)nc(C#N)n2)cc1C. The zero-order valence-corrected chi connectivity index (χ0v) is 16.1. The monoisotopic (exact) mass is 351 g/mol. The molecule has 0 saturated carbocycles. The fourth-order valence-electron chi connectivity index (χ4n) is 2.66. The first-order valence-electron chi connectivity index (χ1n) is 8.60. The number of amides is 2. The van der Waals surface area contributed by atoms with Gasteiger partial charge in [-0.05, 0) is 49.9 Å². The summed E-state index contributed by atoms with van der Waals surface area (Å²) in [5.74, 6) is 0.174. The van der Waals surface area contributed by atoms with Crippen LogP contribution in [0.15, 0.2) is 24.3 Å². The molecule has 1 aromatic carbocycles. The van der Waals surface area contributed by atoms with E-state index in [2.05, 4.69) is 35.9 Å². The Hall–Kier alpha value is -2.94. The molecule has 0 fully saturated rings. The molecular formula is C20H25N5O. The van der Waals surface area contributed by atoms with Crippen molar-refractivity contribution in [1.82, 2.24) is 19.8 Å². The highest BCUT2D eigenvalue weighted by atomic mass is 16.2. The third kappa shape index (κ3) is 4.79. The van der Waals surface area contributed by atoms with Crippen LogP contribution in [0.25, 0.3) is 11.3 Å². The second-order valence-corrected chi connectivity index (χ2v) is 6.68. The molecule has 0 aliphatic carbocycles. The Morgan fingerprint density at radius 2 is 1.85 bits per heavy atom. The van der Waals surface area contributed by atoms with E-state index in [1.165, 1.54) is 11.1 Å². The normalized spacial score (nSPS) is 10.3. The van der Waals surface area contributed by atoms with Gasteiger partial charge in [0.05, 0.1) is 5.69 Å². The molecule has 0 aliphatic rings. The van der Waals surface area contributed by atoms with Gasteiger partial charge in [-0.25, -0.2) is 14.8 Å². The predicted molar refractivity (Wildman–Crippen MR) is 102 cm³/mol. The minimum absolute atomic E-state index is 0.0266. The van der Waals surface area contributed by atoms with Gasteiger partial charge in [0.1, 0.15) is 6.07 Å². The summed E-state index contributed by atoms with van der Waals surface area (Å²) in [5.41, 5.74) is 4.96. The zero-order chi connectivity index (χ0) is 19.3. The molecule has 136 valence electrons. The van der Waals surface area contributed by atoms with Gasteiger partial charge in [0.2, 0.25) is 5.82 Å². The third-order valence-corrected chi connectivity index (χ3v) is 4.32. The predicted octanol–water partition coefficient (Wildman–Crippen LogP) is 3.18. The average molecular weight is 351 g/mol. The Bertz CT molecular complexity index is 839. The van der Waals surface area contributed by atoms with E-state index in [0.717, 1.165) is 23.4 Å². The number of nitrogens with zero attached hydrogens (tertiary/aromatic N) is 5. The molecule has 0 radical (unpaired) electrons. The molecule has 0 atom stereocenters. The van der Waals surface area contributed by atoms with Crippen molar-refractivity contribution in [3.63, 3.8) is 0 Å². The van der Waals surface area contributed by atoms with Gasteiger partial charge in [-0.1, -0.05) is 12.1 Å². The van der Waals surface area contributed by atoms with E-state index in [0.29, 0.717) is 13.0 Å². The minimum Gasteiger partial charge on any atom is -0.331 e. The van der Waals surface area contributed by atoms with Gasteiger partial charge < -0.3 is 9.80 Å². The molecule has 1 aromatic heterocycles. The van der Waals surface area contributed by atoms with E-state index in [4.69, 9.17) is 0 Å². The van der Waals surface area contributed by atoms with Crippen LogP contribution < -0.4 is 0 Å². The number of benzene rings is 1. The maximum atomic E-state index is 11.9. The van der Waals surface area contributed by atoms with Crippen molar-refractivity contribution in [3.8, 4) is 17.3 Å². The van der Waals surface area contributed by atoms with E-state index in [-0.39, 0.29) is 11.9 Å². The van der Waals surface area contributed by atoms with Crippen LogP contribution in [-0.2, 0) is 6.42 Å². The Labute approximate surface area is 155 Å². The van der Waals surface area contributed by atoms with E-state index >= 15 is 0 Å². The zero-order valence-electron chi connectivity index (χ0n) is 16.1. The first-order chi connectivity index (χ1) is 12.3. The van der Waals surface area contributed by atoms with E-state index in [9.17, 15) is 10.1 Å². The summed E-state index contributed by atoms with van der Waals surface area (Å²) < 4.78 is 0. The average Bonchev–Trinajstić information content (AvgIpc) is 2.62. The van der Waals surface area contributed by atoms with Gasteiger partial charge in [0.25, 0.3) is 0 Å². The summed E-state index contributed by atoms with van der Waals surface area (Å²) in [6.45, 7) is 4.75. The molecule has 0 aliphatic heterocycles.